The van der Waals surface area contributed by atoms with E-state index in [0.29, 0.717) is 0 Å². The van der Waals surface area contributed by atoms with Gasteiger partial charge in [0.05, 0.1) is 17.4 Å². The Morgan fingerprint density at radius 1 is 1.19 bits per heavy atom. The molecule has 0 aliphatic heterocycles. The van der Waals surface area contributed by atoms with Crippen LogP contribution in [0.15, 0.2) is 41.8 Å². The van der Waals surface area contributed by atoms with Gasteiger partial charge in [-0.1, -0.05) is 12.1 Å². The second-order valence-corrected chi connectivity index (χ2v) is 6.07. The van der Waals surface area contributed by atoms with E-state index in [1.54, 1.807) is 17.5 Å². The molecule has 1 aromatic heterocycles. The number of nitrogens with two attached hydrogens (primary N) is 1. The van der Waals surface area contributed by atoms with Crippen LogP contribution < -0.4 is 21.9 Å². The van der Waals surface area contributed by atoms with Crippen LogP contribution in [0.1, 0.15) is 27.7 Å². The van der Waals surface area contributed by atoms with Crippen LogP contribution in [0.2, 0.25) is 0 Å². The number of nitro benzene ring substituents is 1. The molecule has 0 bridgehead atoms. The Bertz CT molecular complexity index is 824. The number of nitrogens with one attached hydrogen (secondary N) is 3. The van der Waals surface area contributed by atoms with E-state index in [1.807, 2.05) is 0 Å². The Morgan fingerprint density at radius 3 is 2.58 bits per heavy atom. The van der Waals surface area contributed by atoms with Crippen molar-refractivity contribution < 1.29 is 19.3 Å². The minimum absolute atomic E-state index is 0.0181. The first-order valence-corrected chi connectivity index (χ1v) is 8.18. The average Bonchev–Trinajstić information content (AvgIpc) is 3.13. The minimum atomic E-state index is -0.781. The van der Waals surface area contributed by atoms with Gasteiger partial charge in [0.15, 0.2) is 0 Å². The summed E-state index contributed by atoms with van der Waals surface area (Å²) in [5.41, 5.74) is 9.25. The van der Waals surface area contributed by atoms with Gasteiger partial charge in [0.25, 0.3) is 11.6 Å². The summed E-state index contributed by atoms with van der Waals surface area (Å²) in [5, 5.41) is 15.0. The highest BCUT2D eigenvalue weighted by Crippen LogP contribution is 2.21. The predicted octanol–water partition coefficient (Wildman–Crippen LogP) is 1.22. The molecule has 26 heavy (non-hydrogen) atoms. The molecule has 2 aromatic rings. The summed E-state index contributed by atoms with van der Waals surface area (Å²) >= 11 is 1.34. The van der Waals surface area contributed by atoms with Gasteiger partial charge in [0.2, 0.25) is 5.91 Å². The zero-order chi connectivity index (χ0) is 19.1. The van der Waals surface area contributed by atoms with Crippen LogP contribution in [0.5, 0.6) is 0 Å². The number of nitro groups is 1. The molecule has 1 atom stereocenters. The Kier molecular flexibility index (Phi) is 6.22. The second-order valence-electron chi connectivity index (χ2n) is 5.09. The van der Waals surface area contributed by atoms with E-state index >= 15 is 0 Å². The van der Waals surface area contributed by atoms with Gasteiger partial charge in [-0.15, -0.1) is 11.3 Å². The third-order valence-electron chi connectivity index (χ3n) is 3.23. The molecule has 0 saturated heterocycles. The normalized spacial score (nSPS) is 11.2. The van der Waals surface area contributed by atoms with E-state index in [0.717, 1.165) is 10.9 Å². The molecule has 0 aliphatic carbocycles. The lowest BCUT2D eigenvalue weighted by Gasteiger charge is -2.16. The largest absolute Gasteiger partial charge is 0.352 e. The van der Waals surface area contributed by atoms with Gasteiger partial charge in [-0.3, -0.25) is 30.6 Å². The van der Waals surface area contributed by atoms with E-state index in [2.05, 4.69) is 16.2 Å². The zero-order valence-electron chi connectivity index (χ0n) is 13.3. The SMILES string of the molecule is NC(=O)NC(CC(=O)NNC(=O)c1cccc([N+](=O)[O-])c1)c1cccs1. The fraction of sp³-hybridized carbons (Fsp3) is 0.133. The van der Waals surface area contributed by atoms with Crippen molar-refractivity contribution in [3.8, 4) is 0 Å². The molecule has 0 spiro atoms. The maximum absolute atomic E-state index is 12.0. The number of nitrogens with zero attached hydrogens (tertiary/aromatic N) is 1. The molecule has 1 aromatic carbocycles. The Balaban J connectivity index is 1.94. The van der Waals surface area contributed by atoms with Crippen LogP contribution in [0, 0.1) is 10.1 Å². The summed E-state index contributed by atoms with van der Waals surface area (Å²) in [6.07, 6.45) is -0.154. The van der Waals surface area contributed by atoms with Crippen molar-refractivity contribution in [1.29, 1.82) is 0 Å². The molecule has 0 saturated carbocycles. The standard InChI is InChI=1S/C15H15N5O5S/c16-15(23)17-11(12-5-2-6-26-12)8-13(21)18-19-14(22)9-3-1-4-10(7-9)20(24)25/h1-7,11H,8H2,(H,18,21)(H,19,22)(H3,16,17,23). The highest BCUT2D eigenvalue weighted by atomic mass is 32.1. The third-order valence-corrected chi connectivity index (χ3v) is 4.21. The monoisotopic (exact) mass is 377 g/mol. The number of hydrazine groups is 1. The molecule has 1 unspecified atom stereocenters. The maximum Gasteiger partial charge on any atom is 0.312 e. The fourth-order valence-corrected chi connectivity index (χ4v) is 2.86. The number of benzene rings is 1. The highest BCUT2D eigenvalue weighted by molar-refractivity contribution is 7.10. The van der Waals surface area contributed by atoms with Crippen LogP contribution in [0.25, 0.3) is 0 Å². The lowest BCUT2D eigenvalue weighted by atomic mass is 10.1. The summed E-state index contributed by atoms with van der Waals surface area (Å²) < 4.78 is 0. The first-order valence-electron chi connectivity index (χ1n) is 7.30. The molecule has 5 N–H and O–H groups in total. The summed E-state index contributed by atoms with van der Waals surface area (Å²) in [4.78, 5) is 45.9. The van der Waals surface area contributed by atoms with Crippen LogP contribution in [0.3, 0.4) is 0 Å². The topological polar surface area (TPSA) is 156 Å². The van der Waals surface area contributed by atoms with Gasteiger partial charge < -0.3 is 11.1 Å². The van der Waals surface area contributed by atoms with E-state index in [1.165, 1.54) is 29.5 Å². The molecule has 0 radical (unpaired) electrons. The minimum Gasteiger partial charge on any atom is -0.352 e. The molecule has 4 amide bonds. The molecule has 0 fully saturated rings. The summed E-state index contributed by atoms with van der Waals surface area (Å²) in [6, 6.07) is 7.15. The fourth-order valence-electron chi connectivity index (χ4n) is 2.08. The van der Waals surface area contributed by atoms with Gasteiger partial charge in [-0.2, -0.15) is 0 Å². The van der Waals surface area contributed by atoms with Gasteiger partial charge in [0, 0.05) is 22.6 Å². The van der Waals surface area contributed by atoms with Gasteiger partial charge in [-0.25, -0.2) is 4.79 Å². The number of urea groups is 1. The summed E-state index contributed by atoms with van der Waals surface area (Å²) in [6.45, 7) is 0. The number of non-ortho nitro benzene ring substituents is 1. The number of rotatable bonds is 6. The molecular formula is C15H15N5O5S. The lowest BCUT2D eigenvalue weighted by molar-refractivity contribution is -0.384. The van der Waals surface area contributed by atoms with E-state index in [9.17, 15) is 24.5 Å². The molecule has 1 heterocycles. The second kappa shape index (κ2) is 8.58. The first-order chi connectivity index (χ1) is 12.4. The third kappa shape index (κ3) is 5.27. The molecule has 0 aliphatic rings. The quantitative estimate of drug-likeness (QED) is 0.440. The van der Waals surface area contributed by atoms with Crippen molar-refractivity contribution in [2.24, 2.45) is 5.73 Å². The molecule has 10 nitrogen and oxygen atoms in total. The number of hydrogen-bond acceptors (Lipinski definition) is 6. The van der Waals surface area contributed by atoms with Gasteiger partial charge >= 0.3 is 6.03 Å². The van der Waals surface area contributed by atoms with Crippen LogP contribution in [-0.4, -0.2) is 22.8 Å². The van der Waals surface area contributed by atoms with E-state index in [4.69, 9.17) is 5.73 Å². The molecule has 11 heteroatoms. The summed E-state index contributed by atoms with van der Waals surface area (Å²) in [5.74, 6) is -1.28. The number of primary amides is 1. The predicted molar refractivity (Wildman–Crippen MR) is 93.1 cm³/mol. The Hall–Kier alpha value is -3.47. The average molecular weight is 377 g/mol. The number of thiophene rings is 1. The molecule has 136 valence electrons. The van der Waals surface area contributed by atoms with Crippen LogP contribution in [0.4, 0.5) is 10.5 Å². The van der Waals surface area contributed by atoms with Crippen LogP contribution >= 0.6 is 11.3 Å². The zero-order valence-corrected chi connectivity index (χ0v) is 14.1. The maximum atomic E-state index is 12.0. The van der Waals surface area contributed by atoms with Crippen molar-refractivity contribution in [1.82, 2.24) is 16.2 Å². The molecule has 2 rings (SSSR count). The van der Waals surface area contributed by atoms with Crippen molar-refractivity contribution in [3.63, 3.8) is 0 Å². The number of hydrogen-bond donors (Lipinski definition) is 4. The highest BCUT2D eigenvalue weighted by Gasteiger charge is 2.19. The molecular weight excluding hydrogens is 362 g/mol. The number of carbonyl (C=O) groups is 3. The van der Waals surface area contributed by atoms with Crippen LogP contribution in [-0.2, 0) is 4.79 Å². The van der Waals surface area contributed by atoms with E-state index < -0.39 is 28.8 Å². The summed E-state index contributed by atoms with van der Waals surface area (Å²) in [7, 11) is 0. The van der Waals surface area contributed by atoms with Gasteiger partial charge in [-0.05, 0) is 17.5 Å². The number of amides is 4. The van der Waals surface area contributed by atoms with Crippen molar-refractivity contribution in [2.75, 3.05) is 0 Å². The first kappa shape index (κ1) is 18.9. The Labute approximate surface area is 151 Å². The van der Waals surface area contributed by atoms with Crippen molar-refractivity contribution >= 4 is 34.9 Å². The van der Waals surface area contributed by atoms with Gasteiger partial charge in [0.1, 0.15) is 0 Å². The smallest absolute Gasteiger partial charge is 0.312 e. The van der Waals surface area contributed by atoms with E-state index in [-0.39, 0.29) is 17.7 Å². The van der Waals surface area contributed by atoms with Crippen molar-refractivity contribution in [3.05, 3.63) is 62.3 Å². The lowest BCUT2D eigenvalue weighted by Crippen LogP contribution is -2.43. The van der Waals surface area contributed by atoms with Crippen molar-refractivity contribution in [2.45, 2.75) is 12.5 Å². The Morgan fingerprint density at radius 2 is 1.96 bits per heavy atom. The number of carbonyl (C=O) groups excluding carboxylic acids is 3.